The van der Waals surface area contributed by atoms with E-state index in [-0.39, 0.29) is 5.41 Å². The fourth-order valence-electron chi connectivity index (χ4n) is 0.819. The quantitative estimate of drug-likeness (QED) is 0.655. The van der Waals surface area contributed by atoms with Gasteiger partial charge in [-0.3, -0.25) is 0 Å². The minimum atomic E-state index is -0.0752. The van der Waals surface area contributed by atoms with E-state index in [9.17, 15) is 0 Å². The Kier molecular flexibility index (Phi) is 2.14. The minimum absolute atomic E-state index is 0.0752. The second-order valence-electron chi connectivity index (χ2n) is 3.23. The van der Waals surface area contributed by atoms with Gasteiger partial charge >= 0.3 is 0 Å². The van der Waals surface area contributed by atoms with Gasteiger partial charge in [-0.25, -0.2) is 0 Å². The molecule has 1 N–H and O–H groups in total. The Labute approximate surface area is 71.6 Å². The summed E-state index contributed by atoms with van der Waals surface area (Å²) in [5.74, 6) is 0. The zero-order chi connectivity index (χ0) is 8.48. The van der Waals surface area contributed by atoms with Gasteiger partial charge in [0.15, 0.2) is 0 Å². The van der Waals surface area contributed by atoms with Crippen molar-refractivity contribution in [3.8, 4) is 0 Å². The van der Waals surface area contributed by atoms with Crippen LogP contribution < -0.4 is 0 Å². The lowest BCUT2D eigenvalue weighted by molar-refractivity contribution is 0.725. The average Bonchev–Trinajstić information content (AvgIpc) is 2.37. The summed E-state index contributed by atoms with van der Waals surface area (Å²) in [6.07, 6.45) is 0. The molecule has 1 aromatic heterocycles. The summed E-state index contributed by atoms with van der Waals surface area (Å²) in [5, 5.41) is 9.64. The zero-order valence-electron chi connectivity index (χ0n) is 7.14. The lowest BCUT2D eigenvalue weighted by Crippen LogP contribution is -2.24. The Bertz CT molecular complexity index is 247. The first-order valence-corrected chi connectivity index (χ1v) is 4.52. The Hall–Kier alpha value is -0.630. The third-order valence-electron chi connectivity index (χ3n) is 2.07. The summed E-state index contributed by atoms with van der Waals surface area (Å²) >= 11 is 1.72. The van der Waals surface area contributed by atoms with Crippen molar-refractivity contribution in [1.82, 2.24) is 0 Å². The highest BCUT2D eigenvalue weighted by Crippen LogP contribution is 2.27. The monoisotopic (exact) mass is 167 g/mol. The molecule has 0 atom stereocenters. The van der Waals surface area contributed by atoms with Crippen molar-refractivity contribution in [2.75, 3.05) is 0 Å². The molecule has 0 spiro atoms. The summed E-state index contributed by atoms with van der Waals surface area (Å²) in [6, 6.07) is 4.12. The lowest BCUT2D eigenvalue weighted by atomic mass is 9.87. The number of thiophene rings is 1. The second-order valence-corrected chi connectivity index (χ2v) is 4.17. The number of nitrogens with one attached hydrogen (secondary N) is 1. The van der Waals surface area contributed by atoms with Gasteiger partial charge in [-0.05, 0) is 32.2 Å². The largest absolute Gasteiger partial charge is 0.309 e. The summed E-state index contributed by atoms with van der Waals surface area (Å²) in [6.45, 7) is 6.03. The molecule has 0 fully saturated rings. The van der Waals surface area contributed by atoms with Crippen molar-refractivity contribution < 1.29 is 0 Å². The highest BCUT2D eigenvalue weighted by molar-refractivity contribution is 7.10. The van der Waals surface area contributed by atoms with E-state index in [0.29, 0.717) is 0 Å². The van der Waals surface area contributed by atoms with Gasteiger partial charge in [-0.1, -0.05) is 6.07 Å². The Morgan fingerprint density at radius 1 is 1.55 bits per heavy atom. The summed E-state index contributed by atoms with van der Waals surface area (Å²) in [5.41, 5.74) is 0.647. The van der Waals surface area contributed by atoms with E-state index in [1.54, 1.807) is 11.3 Å². The van der Waals surface area contributed by atoms with Crippen molar-refractivity contribution in [2.45, 2.75) is 26.2 Å². The molecule has 0 amide bonds. The molecule has 2 heteroatoms. The van der Waals surface area contributed by atoms with Crippen LogP contribution in [0.15, 0.2) is 17.5 Å². The van der Waals surface area contributed by atoms with Crippen molar-refractivity contribution >= 4 is 17.0 Å². The van der Waals surface area contributed by atoms with Crippen LogP contribution in [0.4, 0.5) is 0 Å². The van der Waals surface area contributed by atoms with E-state index in [1.165, 1.54) is 4.88 Å². The Morgan fingerprint density at radius 2 is 2.18 bits per heavy atom. The molecule has 1 heterocycles. The highest BCUT2D eigenvalue weighted by Gasteiger charge is 2.23. The highest BCUT2D eigenvalue weighted by atomic mass is 32.1. The van der Waals surface area contributed by atoms with Crippen LogP contribution in [0.25, 0.3) is 0 Å². The van der Waals surface area contributed by atoms with Crippen LogP contribution in [-0.2, 0) is 5.41 Å². The maximum absolute atomic E-state index is 7.58. The molecular formula is C9H13NS. The third kappa shape index (κ3) is 1.51. The van der Waals surface area contributed by atoms with Gasteiger partial charge in [0.2, 0.25) is 0 Å². The molecule has 0 radical (unpaired) electrons. The van der Waals surface area contributed by atoms with Gasteiger partial charge in [0, 0.05) is 16.0 Å². The smallest absolute Gasteiger partial charge is 0.0363 e. The number of hydrogen-bond donors (Lipinski definition) is 1. The van der Waals surface area contributed by atoms with Crippen LogP contribution in [0, 0.1) is 5.41 Å². The molecule has 1 aromatic rings. The molecule has 0 bridgehead atoms. The fourth-order valence-corrected chi connectivity index (χ4v) is 1.73. The number of rotatable bonds is 2. The average molecular weight is 167 g/mol. The van der Waals surface area contributed by atoms with Crippen LogP contribution in [0.1, 0.15) is 25.6 Å². The van der Waals surface area contributed by atoms with Gasteiger partial charge in [0.05, 0.1) is 0 Å². The normalized spacial score (nSPS) is 11.5. The fraction of sp³-hybridized carbons (Fsp3) is 0.444. The number of hydrogen-bond acceptors (Lipinski definition) is 2. The van der Waals surface area contributed by atoms with Gasteiger partial charge in [0.1, 0.15) is 0 Å². The van der Waals surface area contributed by atoms with Crippen LogP contribution in [0.3, 0.4) is 0 Å². The summed E-state index contributed by atoms with van der Waals surface area (Å²) in [4.78, 5) is 1.27. The molecule has 1 nitrogen and oxygen atoms in total. The maximum atomic E-state index is 7.58. The summed E-state index contributed by atoms with van der Waals surface area (Å²) < 4.78 is 0. The van der Waals surface area contributed by atoms with Crippen molar-refractivity contribution in [2.24, 2.45) is 0 Å². The van der Waals surface area contributed by atoms with Crippen LogP contribution in [0.5, 0.6) is 0 Å². The molecule has 0 aliphatic rings. The van der Waals surface area contributed by atoms with E-state index >= 15 is 0 Å². The standard InChI is InChI=1S/C9H13NS/c1-7(10)9(2,3)8-5-4-6-11-8/h4-6,10H,1-3H3. The molecule has 1 rings (SSSR count). The predicted molar refractivity (Wildman–Crippen MR) is 50.7 cm³/mol. The molecular weight excluding hydrogens is 154 g/mol. The SMILES string of the molecule is CC(=N)C(C)(C)c1cccs1. The first-order valence-electron chi connectivity index (χ1n) is 3.65. The molecule has 11 heavy (non-hydrogen) atoms. The van der Waals surface area contributed by atoms with Crippen molar-refractivity contribution in [3.05, 3.63) is 22.4 Å². The van der Waals surface area contributed by atoms with Crippen LogP contribution in [0.2, 0.25) is 0 Å². The van der Waals surface area contributed by atoms with Crippen molar-refractivity contribution in [1.29, 1.82) is 5.41 Å². The van der Waals surface area contributed by atoms with Gasteiger partial charge in [-0.15, -0.1) is 11.3 Å². The summed E-state index contributed by atoms with van der Waals surface area (Å²) in [7, 11) is 0. The van der Waals surface area contributed by atoms with Gasteiger partial charge in [0.25, 0.3) is 0 Å². The van der Waals surface area contributed by atoms with E-state index < -0.39 is 0 Å². The minimum Gasteiger partial charge on any atom is -0.309 e. The Morgan fingerprint density at radius 3 is 2.55 bits per heavy atom. The zero-order valence-corrected chi connectivity index (χ0v) is 7.96. The van der Waals surface area contributed by atoms with Gasteiger partial charge < -0.3 is 5.41 Å². The molecule has 0 aliphatic heterocycles. The van der Waals surface area contributed by atoms with Crippen LogP contribution in [-0.4, -0.2) is 5.71 Å². The third-order valence-corrected chi connectivity index (χ3v) is 3.27. The lowest BCUT2D eigenvalue weighted by Gasteiger charge is -2.21. The molecule has 60 valence electrons. The molecule has 0 saturated carbocycles. The first kappa shape index (κ1) is 8.47. The Balaban J connectivity index is 3.00. The van der Waals surface area contributed by atoms with E-state index in [2.05, 4.69) is 25.3 Å². The second kappa shape index (κ2) is 2.78. The maximum Gasteiger partial charge on any atom is 0.0363 e. The molecule has 0 aliphatic carbocycles. The van der Waals surface area contributed by atoms with E-state index in [0.717, 1.165) is 5.71 Å². The molecule has 0 unspecified atom stereocenters. The topological polar surface area (TPSA) is 23.9 Å². The molecule has 0 saturated heterocycles. The van der Waals surface area contributed by atoms with Crippen LogP contribution >= 0.6 is 11.3 Å². The van der Waals surface area contributed by atoms with Gasteiger partial charge in [-0.2, -0.15) is 0 Å². The van der Waals surface area contributed by atoms with Crippen molar-refractivity contribution in [3.63, 3.8) is 0 Å². The van der Waals surface area contributed by atoms with E-state index in [4.69, 9.17) is 5.41 Å². The molecule has 0 aromatic carbocycles. The van der Waals surface area contributed by atoms with E-state index in [1.807, 2.05) is 13.0 Å². The predicted octanol–water partition coefficient (Wildman–Crippen LogP) is 3.07. The first-order chi connectivity index (χ1) is 5.05.